The third-order valence-electron chi connectivity index (χ3n) is 2.22. The lowest BCUT2D eigenvalue weighted by Gasteiger charge is -2.01. The summed E-state index contributed by atoms with van der Waals surface area (Å²) in [4.78, 5) is 4.23. The van der Waals surface area contributed by atoms with Gasteiger partial charge in [0.05, 0.1) is 5.75 Å². The summed E-state index contributed by atoms with van der Waals surface area (Å²) < 4.78 is 19.2. The van der Waals surface area contributed by atoms with E-state index in [0.717, 1.165) is 16.5 Å². The molecule has 0 spiro atoms. The molecule has 3 nitrogen and oxygen atoms in total. The van der Waals surface area contributed by atoms with Crippen LogP contribution in [-0.2, 0) is 17.5 Å². The Morgan fingerprint density at radius 2 is 2.00 bits per heavy atom. The van der Waals surface area contributed by atoms with Crippen LogP contribution in [0.5, 0.6) is 0 Å². The van der Waals surface area contributed by atoms with Crippen LogP contribution >= 0.6 is 0 Å². The molecule has 1 aromatic heterocycles. The van der Waals surface area contributed by atoms with Crippen LogP contribution in [-0.4, -0.2) is 19.5 Å². The largest absolute Gasteiger partial charge is 0.306 e. The number of aryl methyl sites for hydroxylation is 1. The quantitative estimate of drug-likeness (QED) is 0.806. The van der Waals surface area contributed by atoms with Gasteiger partial charge < -0.3 is 4.55 Å². The Kier molecular flexibility index (Phi) is 3.08. The first-order valence-corrected chi connectivity index (χ1v) is 5.94. The summed E-state index contributed by atoms with van der Waals surface area (Å²) in [7, 11) is 0. The SMILES string of the molecule is O=S(O)CCc1cc2ccccc2cn1. The van der Waals surface area contributed by atoms with Gasteiger partial charge in [-0.05, 0) is 11.5 Å². The minimum Gasteiger partial charge on any atom is -0.306 e. The monoisotopic (exact) mass is 221 g/mol. The standard InChI is InChI=1S/C11H11NO2S/c13-15(14)6-5-11-7-9-3-1-2-4-10(9)8-12-11/h1-4,7-8H,5-6H2,(H,13,14). The highest BCUT2D eigenvalue weighted by Gasteiger charge is 2.00. The fraction of sp³-hybridized carbons (Fsp3) is 0.182. The molecule has 0 aliphatic rings. The van der Waals surface area contributed by atoms with Crippen LogP contribution in [0.1, 0.15) is 5.69 Å². The first kappa shape index (κ1) is 10.3. The zero-order valence-electron chi connectivity index (χ0n) is 8.09. The number of nitrogens with zero attached hydrogens (tertiary/aromatic N) is 1. The van der Waals surface area contributed by atoms with E-state index in [-0.39, 0.29) is 5.75 Å². The lowest BCUT2D eigenvalue weighted by atomic mass is 10.1. The Hall–Kier alpha value is -1.26. The highest BCUT2D eigenvalue weighted by atomic mass is 32.2. The maximum Gasteiger partial charge on any atom is 0.153 e. The van der Waals surface area contributed by atoms with Crippen LogP contribution in [0.4, 0.5) is 0 Å². The van der Waals surface area contributed by atoms with Crippen LogP contribution in [0.15, 0.2) is 36.5 Å². The highest BCUT2D eigenvalue weighted by molar-refractivity contribution is 7.79. The molecule has 0 saturated carbocycles. The molecule has 0 saturated heterocycles. The highest BCUT2D eigenvalue weighted by Crippen LogP contribution is 2.13. The Labute approximate surface area is 90.4 Å². The molecule has 1 unspecified atom stereocenters. The molecule has 1 heterocycles. The maximum absolute atomic E-state index is 10.5. The smallest absolute Gasteiger partial charge is 0.153 e. The van der Waals surface area contributed by atoms with Crippen LogP contribution in [0.3, 0.4) is 0 Å². The van der Waals surface area contributed by atoms with Gasteiger partial charge in [-0.1, -0.05) is 24.3 Å². The van der Waals surface area contributed by atoms with Crippen molar-refractivity contribution in [2.75, 3.05) is 5.75 Å². The summed E-state index contributed by atoms with van der Waals surface area (Å²) in [6, 6.07) is 9.90. The van der Waals surface area contributed by atoms with E-state index in [1.807, 2.05) is 30.3 Å². The summed E-state index contributed by atoms with van der Waals surface area (Å²) in [5.74, 6) is 0.241. The number of fused-ring (bicyclic) bond motifs is 1. The molecule has 1 N–H and O–H groups in total. The number of pyridine rings is 1. The lowest BCUT2D eigenvalue weighted by molar-refractivity contribution is 0.563. The average Bonchev–Trinajstić information content (AvgIpc) is 2.26. The van der Waals surface area contributed by atoms with Crippen LogP contribution in [0.25, 0.3) is 10.8 Å². The fourth-order valence-corrected chi connectivity index (χ4v) is 1.84. The van der Waals surface area contributed by atoms with Crippen molar-refractivity contribution in [2.24, 2.45) is 0 Å². The lowest BCUT2D eigenvalue weighted by Crippen LogP contribution is -2.00. The topological polar surface area (TPSA) is 50.2 Å². The van der Waals surface area contributed by atoms with Crippen molar-refractivity contribution in [3.05, 3.63) is 42.2 Å². The van der Waals surface area contributed by atoms with E-state index in [2.05, 4.69) is 4.98 Å². The van der Waals surface area contributed by atoms with Gasteiger partial charge in [-0.25, -0.2) is 4.21 Å². The number of hydrogen-bond donors (Lipinski definition) is 1. The van der Waals surface area contributed by atoms with Crippen LogP contribution in [0.2, 0.25) is 0 Å². The van der Waals surface area contributed by atoms with Gasteiger partial charge in [0.2, 0.25) is 0 Å². The van der Waals surface area contributed by atoms with Crippen molar-refractivity contribution in [3.63, 3.8) is 0 Å². The summed E-state index contributed by atoms with van der Waals surface area (Å²) in [5, 5.41) is 2.21. The molecular formula is C11H11NO2S. The number of aromatic nitrogens is 1. The Morgan fingerprint density at radius 1 is 1.27 bits per heavy atom. The zero-order chi connectivity index (χ0) is 10.7. The minimum atomic E-state index is -1.74. The van der Waals surface area contributed by atoms with E-state index in [0.29, 0.717) is 6.42 Å². The number of hydrogen-bond acceptors (Lipinski definition) is 2. The van der Waals surface area contributed by atoms with Gasteiger partial charge >= 0.3 is 0 Å². The van der Waals surface area contributed by atoms with Crippen molar-refractivity contribution < 1.29 is 8.76 Å². The Bertz CT molecular complexity index is 499. The van der Waals surface area contributed by atoms with E-state index in [1.54, 1.807) is 6.20 Å². The Balaban J connectivity index is 2.26. The average molecular weight is 221 g/mol. The minimum absolute atomic E-state index is 0.241. The molecule has 15 heavy (non-hydrogen) atoms. The maximum atomic E-state index is 10.5. The second-order valence-corrected chi connectivity index (χ2v) is 4.35. The molecule has 0 fully saturated rings. The number of rotatable bonds is 3. The van der Waals surface area contributed by atoms with Crippen molar-refractivity contribution in [2.45, 2.75) is 6.42 Å². The van der Waals surface area contributed by atoms with E-state index in [4.69, 9.17) is 4.55 Å². The van der Waals surface area contributed by atoms with Crippen molar-refractivity contribution in [1.29, 1.82) is 0 Å². The molecule has 1 aromatic carbocycles. The van der Waals surface area contributed by atoms with Gasteiger partial charge in [0.15, 0.2) is 11.1 Å². The first-order valence-electron chi connectivity index (χ1n) is 4.67. The molecule has 2 aromatic rings. The number of benzene rings is 1. The van der Waals surface area contributed by atoms with Crippen molar-refractivity contribution in [1.82, 2.24) is 4.98 Å². The van der Waals surface area contributed by atoms with E-state index >= 15 is 0 Å². The van der Waals surface area contributed by atoms with Gasteiger partial charge in [0, 0.05) is 23.7 Å². The van der Waals surface area contributed by atoms with Crippen molar-refractivity contribution >= 4 is 21.9 Å². The van der Waals surface area contributed by atoms with Gasteiger partial charge in [0.1, 0.15) is 0 Å². The Morgan fingerprint density at radius 3 is 2.73 bits per heavy atom. The summed E-state index contributed by atoms with van der Waals surface area (Å²) in [6.45, 7) is 0. The molecular weight excluding hydrogens is 210 g/mol. The summed E-state index contributed by atoms with van der Waals surface area (Å²) in [6.07, 6.45) is 2.33. The predicted octanol–water partition coefficient (Wildman–Crippen LogP) is 2.00. The second-order valence-electron chi connectivity index (χ2n) is 3.30. The predicted molar refractivity (Wildman–Crippen MR) is 61.1 cm³/mol. The van der Waals surface area contributed by atoms with E-state index in [9.17, 15) is 4.21 Å². The third-order valence-corrected chi connectivity index (χ3v) is 2.77. The van der Waals surface area contributed by atoms with Gasteiger partial charge in [-0.15, -0.1) is 0 Å². The van der Waals surface area contributed by atoms with Gasteiger partial charge in [-0.2, -0.15) is 0 Å². The summed E-state index contributed by atoms with van der Waals surface area (Å²) in [5.41, 5.74) is 0.858. The fourth-order valence-electron chi connectivity index (χ4n) is 1.46. The molecule has 1 atom stereocenters. The first-order chi connectivity index (χ1) is 7.25. The molecule has 78 valence electrons. The summed E-state index contributed by atoms with van der Waals surface area (Å²) >= 11 is -1.74. The molecule has 0 aliphatic carbocycles. The molecule has 4 heteroatoms. The van der Waals surface area contributed by atoms with Gasteiger partial charge in [-0.3, -0.25) is 4.98 Å². The molecule has 2 rings (SSSR count). The van der Waals surface area contributed by atoms with Crippen molar-refractivity contribution in [3.8, 4) is 0 Å². The molecule has 0 bridgehead atoms. The van der Waals surface area contributed by atoms with Crippen LogP contribution in [0, 0.1) is 0 Å². The molecule has 0 aliphatic heterocycles. The molecule has 0 radical (unpaired) electrons. The molecule has 0 amide bonds. The van der Waals surface area contributed by atoms with E-state index in [1.165, 1.54) is 0 Å². The van der Waals surface area contributed by atoms with E-state index < -0.39 is 11.1 Å². The van der Waals surface area contributed by atoms with Gasteiger partial charge in [0.25, 0.3) is 0 Å². The van der Waals surface area contributed by atoms with Crippen LogP contribution < -0.4 is 0 Å². The normalized spacial score (nSPS) is 12.9. The second kappa shape index (κ2) is 4.51. The zero-order valence-corrected chi connectivity index (χ0v) is 8.91. The third kappa shape index (κ3) is 2.61.